The largest absolute Gasteiger partial charge is 0.455 e. The minimum absolute atomic E-state index is 0.0531. The molecule has 1 aliphatic heterocycles. The van der Waals surface area contributed by atoms with Crippen LogP contribution in [0.4, 0.5) is 14.5 Å². The number of anilines is 1. The minimum atomic E-state index is -2.88. The number of piperidine rings is 1. The van der Waals surface area contributed by atoms with E-state index in [9.17, 15) is 13.6 Å². The van der Waals surface area contributed by atoms with E-state index in [0.717, 1.165) is 18.8 Å². The number of ether oxygens (including phenoxy) is 1. The smallest absolute Gasteiger partial charge is 0.387 e. The number of benzene rings is 1. The summed E-state index contributed by atoms with van der Waals surface area (Å²) in [5.41, 5.74) is 1.14. The van der Waals surface area contributed by atoms with Crippen LogP contribution in [0.2, 0.25) is 0 Å². The summed E-state index contributed by atoms with van der Waals surface area (Å²) in [5.74, 6) is 0.664. The van der Waals surface area contributed by atoms with Crippen molar-refractivity contribution in [3.05, 3.63) is 47.4 Å². The number of amides is 1. The van der Waals surface area contributed by atoms with E-state index >= 15 is 0 Å². The van der Waals surface area contributed by atoms with E-state index in [1.807, 2.05) is 6.07 Å². The molecule has 0 spiro atoms. The molecule has 0 bridgehead atoms. The fraction of sp³-hybridized carbons (Fsp3) is 0.421. The summed E-state index contributed by atoms with van der Waals surface area (Å²) >= 11 is 0. The lowest BCUT2D eigenvalue weighted by Gasteiger charge is -2.25. The topological polar surface area (TPSA) is 54.7 Å². The standard InChI is InChI=1S/C19H22F2N2O3/c1-13-11-14(26-19(20)21)5-7-16(13)22-18(24)17-8-6-15(25-17)12-23-9-3-2-4-10-23/h5-8,11,19H,2-4,9-10,12H2,1H3,(H,22,24). The number of likely N-dealkylation sites (tertiary alicyclic amines) is 1. The average molecular weight is 364 g/mol. The SMILES string of the molecule is Cc1cc(OC(F)F)ccc1NC(=O)c1ccc(CN2CCCCC2)o1. The third-order valence-electron chi connectivity index (χ3n) is 4.38. The van der Waals surface area contributed by atoms with Crippen LogP contribution in [-0.2, 0) is 6.54 Å². The monoisotopic (exact) mass is 364 g/mol. The van der Waals surface area contributed by atoms with Gasteiger partial charge in [0.25, 0.3) is 5.91 Å². The van der Waals surface area contributed by atoms with Crippen molar-refractivity contribution in [1.29, 1.82) is 0 Å². The van der Waals surface area contributed by atoms with Gasteiger partial charge in [-0.2, -0.15) is 8.78 Å². The van der Waals surface area contributed by atoms with Gasteiger partial charge in [-0.25, -0.2) is 0 Å². The number of hydrogen-bond acceptors (Lipinski definition) is 4. The van der Waals surface area contributed by atoms with Gasteiger partial charge >= 0.3 is 6.61 Å². The molecular weight excluding hydrogens is 342 g/mol. The van der Waals surface area contributed by atoms with E-state index in [4.69, 9.17) is 4.42 Å². The summed E-state index contributed by atoms with van der Waals surface area (Å²) in [4.78, 5) is 14.7. The van der Waals surface area contributed by atoms with Crippen LogP contribution in [0, 0.1) is 6.92 Å². The number of nitrogens with zero attached hydrogens (tertiary/aromatic N) is 1. The number of alkyl halides is 2. The fourth-order valence-electron chi connectivity index (χ4n) is 3.06. The maximum atomic E-state index is 12.4. The lowest BCUT2D eigenvalue weighted by molar-refractivity contribution is -0.0498. The Morgan fingerprint density at radius 2 is 2.00 bits per heavy atom. The van der Waals surface area contributed by atoms with E-state index in [1.165, 1.54) is 37.5 Å². The molecule has 5 nitrogen and oxygen atoms in total. The summed E-state index contributed by atoms with van der Waals surface area (Å²) < 4.78 is 34.5. The van der Waals surface area contributed by atoms with Crippen molar-refractivity contribution in [3.63, 3.8) is 0 Å². The van der Waals surface area contributed by atoms with Crippen molar-refractivity contribution in [2.45, 2.75) is 39.3 Å². The molecule has 0 saturated carbocycles. The number of furan rings is 1. The third-order valence-corrected chi connectivity index (χ3v) is 4.38. The fourth-order valence-corrected chi connectivity index (χ4v) is 3.06. The zero-order chi connectivity index (χ0) is 18.5. The zero-order valence-electron chi connectivity index (χ0n) is 14.6. The molecule has 1 aliphatic rings. The van der Waals surface area contributed by atoms with E-state index in [-0.39, 0.29) is 17.4 Å². The third kappa shape index (κ3) is 4.82. The van der Waals surface area contributed by atoms with Crippen molar-refractivity contribution in [1.82, 2.24) is 4.90 Å². The van der Waals surface area contributed by atoms with Gasteiger partial charge in [-0.05, 0) is 68.8 Å². The first-order valence-corrected chi connectivity index (χ1v) is 8.69. The first kappa shape index (κ1) is 18.4. The molecule has 2 heterocycles. The van der Waals surface area contributed by atoms with E-state index in [1.54, 1.807) is 13.0 Å². The number of hydrogen-bond donors (Lipinski definition) is 1. The lowest BCUT2D eigenvalue weighted by atomic mass is 10.1. The second-order valence-corrected chi connectivity index (χ2v) is 6.41. The molecule has 1 amide bonds. The van der Waals surface area contributed by atoms with Crippen molar-refractivity contribution in [3.8, 4) is 5.75 Å². The molecule has 3 rings (SSSR count). The first-order chi connectivity index (χ1) is 12.5. The van der Waals surface area contributed by atoms with Gasteiger partial charge in [-0.1, -0.05) is 6.42 Å². The van der Waals surface area contributed by atoms with Crippen LogP contribution in [0.3, 0.4) is 0 Å². The second kappa shape index (κ2) is 8.31. The van der Waals surface area contributed by atoms with Gasteiger partial charge in [0, 0.05) is 5.69 Å². The molecular formula is C19H22F2N2O3. The Labute approximate surface area is 150 Å². The molecule has 26 heavy (non-hydrogen) atoms. The Kier molecular flexibility index (Phi) is 5.88. The summed E-state index contributed by atoms with van der Waals surface area (Å²) in [6, 6.07) is 7.83. The Morgan fingerprint density at radius 3 is 2.69 bits per heavy atom. The highest BCUT2D eigenvalue weighted by Crippen LogP contribution is 2.23. The summed E-state index contributed by atoms with van der Waals surface area (Å²) in [7, 11) is 0. The predicted octanol–water partition coefficient (Wildman–Crippen LogP) is 4.43. The van der Waals surface area contributed by atoms with Crippen LogP contribution in [-0.4, -0.2) is 30.5 Å². The minimum Gasteiger partial charge on any atom is -0.455 e. The first-order valence-electron chi connectivity index (χ1n) is 8.69. The summed E-state index contributed by atoms with van der Waals surface area (Å²) in [6.07, 6.45) is 3.65. The normalized spacial score (nSPS) is 15.2. The Morgan fingerprint density at radius 1 is 1.23 bits per heavy atom. The van der Waals surface area contributed by atoms with Crippen molar-refractivity contribution in [2.24, 2.45) is 0 Å². The number of halogens is 2. The van der Waals surface area contributed by atoms with Crippen LogP contribution >= 0.6 is 0 Å². The van der Waals surface area contributed by atoms with Crippen LogP contribution in [0.1, 0.15) is 41.1 Å². The molecule has 0 atom stereocenters. The Bertz CT molecular complexity index is 755. The molecule has 1 aromatic carbocycles. The van der Waals surface area contributed by atoms with Crippen LogP contribution in [0.5, 0.6) is 5.75 Å². The molecule has 2 aromatic rings. The zero-order valence-corrected chi connectivity index (χ0v) is 14.6. The molecule has 0 radical (unpaired) electrons. The van der Waals surface area contributed by atoms with Gasteiger partial charge in [-0.15, -0.1) is 0 Å². The summed E-state index contributed by atoms with van der Waals surface area (Å²) in [6.45, 7) is 1.63. The molecule has 1 saturated heterocycles. The van der Waals surface area contributed by atoms with E-state index in [0.29, 0.717) is 17.8 Å². The molecule has 1 N–H and O–H groups in total. The molecule has 7 heteroatoms. The highest BCUT2D eigenvalue weighted by Gasteiger charge is 2.16. The molecule has 140 valence electrons. The highest BCUT2D eigenvalue weighted by molar-refractivity contribution is 6.02. The van der Waals surface area contributed by atoms with Crippen molar-refractivity contribution < 1.29 is 22.7 Å². The average Bonchev–Trinajstić information content (AvgIpc) is 3.06. The number of carbonyl (C=O) groups is 1. The molecule has 0 unspecified atom stereocenters. The van der Waals surface area contributed by atoms with Crippen molar-refractivity contribution >= 4 is 11.6 Å². The molecule has 1 fully saturated rings. The molecule has 0 aliphatic carbocycles. The predicted molar refractivity (Wildman–Crippen MR) is 93.6 cm³/mol. The van der Waals surface area contributed by atoms with E-state index in [2.05, 4.69) is 15.0 Å². The number of aryl methyl sites for hydroxylation is 1. The van der Waals surface area contributed by atoms with Gasteiger partial charge in [0.2, 0.25) is 0 Å². The lowest BCUT2D eigenvalue weighted by Crippen LogP contribution is -2.28. The van der Waals surface area contributed by atoms with Gasteiger partial charge < -0.3 is 14.5 Å². The quantitative estimate of drug-likeness (QED) is 0.824. The van der Waals surface area contributed by atoms with Gasteiger partial charge in [0.05, 0.1) is 6.54 Å². The highest BCUT2D eigenvalue weighted by atomic mass is 19.3. The maximum Gasteiger partial charge on any atom is 0.387 e. The van der Waals surface area contributed by atoms with Crippen LogP contribution in [0.25, 0.3) is 0 Å². The Hall–Kier alpha value is -2.41. The van der Waals surface area contributed by atoms with Gasteiger partial charge in [-0.3, -0.25) is 9.69 Å². The Balaban J connectivity index is 1.61. The van der Waals surface area contributed by atoms with E-state index < -0.39 is 6.61 Å². The summed E-state index contributed by atoms with van der Waals surface area (Å²) in [5, 5.41) is 2.73. The number of rotatable bonds is 6. The van der Waals surface area contributed by atoms with Gasteiger partial charge in [0.15, 0.2) is 5.76 Å². The maximum absolute atomic E-state index is 12.4. The number of nitrogens with one attached hydrogen (secondary N) is 1. The second-order valence-electron chi connectivity index (χ2n) is 6.41. The number of carbonyl (C=O) groups excluding carboxylic acids is 1. The van der Waals surface area contributed by atoms with Gasteiger partial charge in [0.1, 0.15) is 11.5 Å². The van der Waals surface area contributed by atoms with Crippen LogP contribution in [0.15, 0.2) is 34.7 Å². The van der Waals surface area contributed by atoms with Crippen molar-refractivity contribution in [2.75, 3.05) is 18.4 Å². The van der Waals surface area contributed by atoms with Crippen LogP contribution < -0.4 is 10.1 Å². The molecule has 1 aromatic heterocycles.